The van der Waals surface area contributed by atoms with Crippen molar-refractivity contribution in [3.63, 3.8) is 0 Å². The molecule has 0 radical (unpaired) electrons. The number of nitrogens with two attached hydrogens (primary N) is 1. The number of anilines is 1. The summed E-state index contributed by atoms with van der Waals surface area (Å²) in [5.41, 5.74) is 6.69. The van der Waals surface area contributed by atoms with Crippen molar-refractivity contribution in [3.05, 3.63) is 29.8 Å². The molecule has 7 heteroatoms. The Morgan fingerprint density at radius 3 is 2.55 bits per heavy atom. The predicted octanol–water partition coefficient (Wildman–Crippen LogP) is 1.78. The van der Waals surface area contributed by atoms with E-state index in [2.05, 4.69) is 16.0 Å². The molecule has 1 aromatic rings. The summed E-state index contributed by atoms with van der Waals surface area (Å²) in [4.78, 5) is 22.9. The Labute approximate surface area is 136 Å². The highest BCUT2D eigenvalue weighted by Gasteiger charge is 2.22. The zero-order valence-corrected chi connectivity index (χ0v) is 13.4. The van der Waals surface area contributed by atoms with E-state index >= 15 is 0 Å². The number of piperidine rings is 1. The molecule has 1 unspecified atom stereocenters. The third-order valence-corrected chi connectivity index (χ3v) is 3.70. The van der Waals surface area contributed by atoms with Gasteiger partial charge < -0.3 is 21.7 Å². The number of amides is 3. The number of urea groups is 1. The van der Waals surface area contributed by atoms with Crippen molar-refractivity contribution in [2.75, 3.05) is 18.4 Å². The van der Waals surface area contributed by atoms with Gasteiger partial charge in [0.05, 0.1) is 12.0 Å². The Bertz CT molecular complexity index is 501. The summed E-state index contributed by atoms with van der Waals surface area (Å²) in [6.45, 7) is 3.69. The second-order valence-corrected chi connectivity index (χ2v) is 5.38. The third kappa shape index (κ3) is 5.20. The minimum Gasteiger partial charge on any atom is -0.351 e. The molecule has 1 aromatic carbocycles. The highest BCUT2D eigenvalue weighted by atomic mass is 35.5. The minimum atomic E-state index is -0.589. The maximum absolute atomic E-state index is 12.2. The lowest BCUT2D eigenvalue weighted by Gasteiger charge is -2.24. The van der Waals surface area contributed by atoms with E-state index in [1.807, 2.05) is 19.1 Å². The molecule has 5 N–H and O–H groups in total. The van der Waals surface area contributed by atoms with E-state index < -0.39 is 6.03 Å². The van der Waals surface area contributed by atoms with Crippen LogP contribution in [-0.4, -0.2) is 25.0 Å². The number of primary amides is 1. The molecule has 2 atom stereocenters. The average molecular weight is 327 g/mol. The number of carbonyl (C=O) groups is 2. The summed E-state index contributed by atoms with van der Waals surface area (Å²) in [6, 6.07) is 6.62. The van der Waals surface area contributed by atoms with Crippen LogP contribution in [-0.2, 0) is 4.79 Å². The fraction of sp³-hybridized carbons (Fsp3) is 0.467. The molecule has 22 heavy (non-hydrogen) atoms. The van der Waals surface area contributed by atoms with E-state index in [9.17, 15) is 9.59 Å². The van der Waals surface area contributed by atoms with Gasteiger partial charge in [-0.1, -0.05) is 12.1 Å². The van der Waals surface area contributed by atoms with Gasteiger partial charge in [0.15, 0.2) is 0 Å². The van der Waals surface area contributed by atoms with Crippen LogP contribution in [0, 0.1) is 5.92 Å². The number of hydrogen-bond acceptors (Lipinski definition) is 3. The molecule has 1 saturated heterocycles. The number of benzene rings is 1. The summed E-state index contributed by atoms with van der Waals surface area (Å²) < 4.78 is 0. The van der Waals surface area contributed by atoms with Crippen LogP contribution < -0.4 is 21.7 Å². The molecular formula is C15H23ClN4O2. The van der Waals surface area contributed by atoms with Gasteiger partial charge in [-0.3, -0.25) is 4.79 Å². The van der Waals surface area contributed by atoms with Gasteiger partial charge >= 0.3 is 6.03 Å². The van der Waals surface area contributed by atoms with Crippen molar-refractivity contribution in [3.8, 4) is 0 Å². The first-order valence-corrected chi connectivity index (χ1v) is 7.24. The first-order valence-electron chi connectivity index (χ1n) is 7.24. The Morgan fingerprint density at radius 1 is 1.32 bits per heavy atom. The van der Waals surface area contributed by atoms with Gasteiger partial charge in [-0.15, -0.1) is 12.4 Å². The maximum Gasteiger partial charge on any atom is 0.316 e. The molecule has 1 aliphatic heterocycles. The highest BCUT2D eigenvalue weighted by Crippen LogP contribution is 2.18. The molecule has 122 valence electrons. The number of hydrogen-bond donors (Lipinski definition) is 4. The summed E-state index contributed by atoms with van der Waals surface area (Å²) in [5.74, 6) is 0.144. The maximum atomic E-state index is 12.2. The summed E-state index contributed by atoms with van der Waals surface area (Å²) >= 11 is 0. The molecule has 1 heterocycles. The fourth-order valence-electron chi connectivity index (χ4n) is 2.49. The van der Waals surface area contributed by atoms with E-state index in [0.29, 0.717) is 5.69 Å². The van der Waals surface area contributed by atoms with Crippen LogP contribution in [0.3, 0.4) is 0 Å². The lowest BCUT2D eigenvalue weighted by atomic mass is 9.98. The van der Waals surface area contributed by atoms with Gasteiger partial charge in [0.2, 0.25) is 5.91 Å². The van der Waals surface area contributed by atoms with E-state index in [4.69, 9.17) is 5.73 Å². The Hall–Kier alpha value is -1.79. The van der Waals surface area contributed by atoms with Crippen LogP contribution in [0.1, 0.15) is 31.4 Å². The number of carbonyl (C=O) groups excluding carboxylic acids is 2. The standard InChI is InChI=1S/C15H22N4O2.ClH/c1-10(18-14(20)12-3-2-8-17-9-12)11-4-6-13(7-5-11)19-15(16)21;/h4-7,10,12,17H,2-3,8-9H2,1H3,(H,18,20)(H3,16,19,21);1H/t10?,12-;/m1./s1. The molecule has 3 amide bonds. The fourth-order valence-corrected chi connectivity index (χ4v) is 2.49. The van der Waals surface area contributed by atoms with Crippen LogP contribution in [0.15, 0.2) is 24.3 Å². The second-order valence-electron chi connectivity index (χ2n) is 5.38. The van der Waals surface area contributed by atoms with E-state index in [1.54, 1.807) is 12.1 Å². The number of halogens is 1. The molecule has 0 aromatic heterocycles. The first-order chi connectivity index (χ1) is 10.1. The number of rotatable bonds is 4. The van der Waals surface area contributed by atoms with Crippen molar-refractivity contribution >= 4 is 30.0 Å². The minimum absolute atomic E-state index is 0. The monoisotopic (exact) mass is 326 g/mol. The average Bonchev–Trinajstić information content (AvgIpc) is 2.48. The largest absolute Gasteiger partial charge is 0.351 e. The Kier molecular flexibility index (Phi) is 7.14. The van der Waals surface area contributed by atoms with Crippen molar-refractivity contribution in [1.29, 1.82) is 0 Å². The van der Waals surface area contributed by atoms with Gasteiger partial charge in [-0.25, -0.2) is 4.79 Å². The van der Waals surface area contributed by atoms with Crippen molar-refractivity contribution in [2.45, 2.75) is 25.8 Å². The SMILES string of the molecule is CC(NC(=O)[C@@H]1CCCNC1)c1ccc(NC(N)=O)cc1.Cl. The van der Waals surface area contributed by atoms with Crippen LogP contribution in [0.2, 0.25) is 0 Å². The molecule has 2 rings (SSSR count). The van der Waals surface area contributed by atoms with Crippen molar-refractivity contribution < 1.29 is 9.59 Å². The molecule has 6 nitrogen and oxygen atoms in total. The quantitative estimate of drug-likeness (QED) is 0.679. The topological polar surface area (TPSA) is 96.2 Å². The molecule has 1 aliphatic rings. The Balaban J connectivity index is 0.00000242. The van der Waals surface area contributed by atoms with Crippen LogP contribution in [0.5, 0.6) is 0 Å². The van der Waals surface area contributed by atoms with Gasteiger partial charge in [-0.05, 0) is 44.0 Å². The smallest absolute Gasteiger partial charge is 0.316 e. The van der Waals surface area contributed by atoms with Crippen molar-refractivity contribution in [1.82, 2.24) is 10.6 Å². The predicted molar refractivity (Wildman–Crippen MR) is 89.0 cm³/mol. The van der Waals surface area contributed by atoms with Gasteiger partial charge in [0.25, 0.3) is 0 Å². The van der Waals surface area contributed by atoms with Gasteiger partial charge in [0.1, 0.15) is 0 Å². The van der Waals surface area contributed by atoms with E-state index in [-0.39, 0.29) is 30.3 Å². The van der Waals surface area contributed by atoms with Crippen molar-refractivity contribution in [2.24, 2.45) is 11.7 Å². The van der Waals surface area contributed by atoms with Crippen LogP contribution in [0.25, 0.3) is 0 Å². The second kappa shape index (κ2) is 8.60. The summed E-state index contributed by atoms with van der Waals surface area (Å²) in [7, 11) is 0. The molecule has 0 bridgehead atoms. The molecular weight excluding hydrogens is 304 g/mol. The lowest BCUT2D eigenvalue weighted by molar-refractivity contribution is -0.126. The zero-order valence-electron chi connectivity index (χ0n) is 12.6. The van der Waals surface area contributed by atoms with Crippen LogP contribution in [0.4, 0.5) is 10.5 Å². The van der Waals surface area contributed by atoms with Crippen LogP contribution >= 0.6 is 12.4 Å². The Morgan fingerprint density at radius 2 is 2.00 bits per heavy atom. The van der Waals surface area contributed by atoms with E-state index in [1.165, 1.54) is 0 Å². The summed E-state index contributed by atoms with van der Waals surface area (Å²) in [6.07, 6.45) is 1.98. The third-order valence-electron chi connectivity index (χ3n) is 3.70. The first kappa shape index (κ1) is 18.3. The zero-order chi connectivity index (χ0) is 15.2. The normalized spacial score (nSPS) is 18.7. The van der Waals surface area contributed by atoms with Gasteiger partial charge in [0, 0.05) is 12.2 Å². The summed E-state index contributed by atoms with van der Waals surface area (Å²) in [5, 5.41) is 8.78. The lowest BCUT2D eigenvalue weighted by Crippen LogP contribution is -2.41. The van der Waals surface area contributed by atoms with E-state index in [0.717, 1.165) is 31.5 Å². The highest BCUT2D eigenvalue weighted by molar-refractivity contribution is 5.87. The molecule has 0 aliphatic carbocycles. The van der Waals surface area contributed by atoms with Gasteiger partial charge in [-0.2, -0.15) is 0 Å². The molecule has 1 fully saturated rings. The number of nitrogens with one attached hydrogen (secondary N) is 3. The molecule has 0 spiro atoms. The molecule has 0 saturated carbocycles.